The highest BCUT2D eigenvalue weighted by atomic mass is 79.9. The lowest BCUT2D eigenvalue weighted by Gasteiger charge is -2.06. The molecular formula is C22H15BrN2O4. The topological polar surface area (TPSA) is 84.5 Å². The van der Waals surface area contributed by atoms with E-state index < -0.39 is 0 Å². The Bertz CT molecular complexity index is 1130. The fourth-order valence-electron chi connectivity index (χ4n) is 2.66. The summed E-state index contributed by atoms with van der Waals surface area (Å²) in [6.07, 6.45) is 1.43. The van der Waals surface area contributed by atoms with Crippen molar-refractivity contribution in [3.05, 3.63) is 95.1 Å². The van der Waals surface area contributed by atoms with Gasteiger partial charge in [0.15, 0.2) is 11.5 Å². The van der Waals surface area contributed by atoms with Crippen LogP contribution in [-0.2, 0) is 0 Å². The van der Waals surface area contributed by atoms with Gasteiger partial charge >= 0.3 is 0 Å². The normalized spacial score (nSPS) is 10.5. The van der Waals surface area contributed by atoms with Crippen molar-refractivity contribution in [2.75, 3.05) is 10.6 Å². The first-order chi connectivity index (χ1) is 14.1. The molecule has 0 atom stereocenters. The maximum atomic E-state index is 12.4. The van der Waals surface area contributed by atoms with Crippen molar-refractivity contribution >= 4 is 39.1 Å². The van der Waals surface area contributed by atoms with E-state index >= 15 is 0 Å². The molecule has 0 saturated heterocycles. The summed E-state index contributed by atoms with van der Waals surface area (Å²) < 4.78 is 11.7. The van der Waals surface area contributed by atoms with Crippen LogP contribution in [0.2, 0.25) is 0 Å². The molecule has 29 heavy (non-hydrogen) atoms. The van der Waals surface area contributed by atoms with Crippen LogP contribution in [0.5, 0.6) is 0 Å². The van der Waals surface area contributed by atoms with Gasteiger partial charge in [-0.05, 0) is 60.7 Å². The van der Waals surface area contributed by atoms with Crippen LogP contribution in [-0.4, -0.2) is 11.8 Å². The van der Waals surface area contributed by atoms with Crippen molar-refractivity contribution in [1.29, 1.82) is 0 Å². The van der Waals surface area contributed by atoms with E-state index in [1.165, 1.54) is 6.26 Å². The summed E-state index contributed by atoms with van der Waals surface area (Å²) in [4.78, 5) is 24.4. The average molecular weight is 451 g/mol. The zero-order chi connectivity index (χ0) is 20.2. The summed E-state index contributed by atoms with van der Waals surface area (Å²) in [5.41, 5.74) is 2.04. The molecule has 0 spiro atoms. The zero-order valence-corrected chi connectivity index (χ0v) is 16.6. The van der Waals surface area contributed by atoms with Crippen molar-refractivity contribution in [3.8, 4) is 11.3 Å². The number of nitrogens with one attached hydrogen (secondary N) is 2. The highest BCUT2D eigenvalue weighted by Gasteiger charge is 2.13. The molecule has 0 bridgehead atoms. The minimum absolute atomic E-state index is 0.207. The third-order valence-electron chi connectivity index (χ3n) is 4.10. The summed E-state index contributed by atoms with van der Waals surface area (Å²) in [5.74, 6) is 0.335. The van der Waals surface area contributed by atoms with Crippen molar-refractivity contribution in [2.24, 2.45) is 0 Å². The molecule has 0 saturated carbocycles. The molecule has 6 nitrogen and oxygen atoms in total. The lowest BCUT2D eigenvalue weighted by molar-refractivity contribution is 0.0989. The van der Waals surface area contributed by atoms with E-state index in [0.29, 0.717) is 17.1 Å². The maximum absolute atomic E-state index is 12.4. The number of rotatable bonds is 5. The first kappa shape index (κ1) is 18.8. The fraction of sp³-hybridized carbons (Fsp3) is 0. The van der Waals surface area contributed by atoms with E-state index in [4.69, 9.17) is 8.83 Å². The van der Waals surface area contributed by atoms with Gasteiger partial charge in [-0.25, -0.2) is 0 Å². The fourth-order valence-corrected chi connectivity index (χ4v) is 2.92. The molecule has 0 aliphatic heterocycles. The van der Waals surface area contributed by atoms with Crippen LogP contribution in [0.1, 0.15) is 21.1 Å². The molecule has 2 aromatic heterocycles. The molecule has 2 aromatic carbocycles. The van der Waals surface area contributed by atoms with E-state index in [1.807, 2.05) is 24.3 Å². The van der Waals surface area contributed by atoms with Gasteiger partial charge in [-0.15, -0.1) is 0 Å². The molecule has 2 N–H and O–H groups in total. The predicted octanol–water partition coefficient (Wildman–Crippen LogP) is 5.81. The second kappa shape index (κ2) is 8.20. The number of halogens is 1. The van der Waals surface area contributed by atoms with E-state index in [-0.39, 0.29) is 23.3 Å². The van der Waals surface area contributed by atoms with E-state index in [2.05, 4.69) is 26.6 Å². The lowest BCUT2D eigenvalue weighted by atomic mass is 10.2. The Kier molecular flexibility index (Phi) is 5.31. The summed E-state index contributed by atoms with van der Waals surface area (Å²) >= 11 is 3.39. The predicted molar refractivity (Wildman–Crippen MR) is 113 cm³/mol. The summed E-state index contributed by atoms with van der Waals surface area (Å²) in [7, 11) is 0. The quantitative estimate of drug-likeness (QED) is 0.401. The summed E-state index contributed by atoms with van der Waals surface area (Å²) in [5, 5.41) is 5.48. The Labute approximate surface area is 174 Å². The van der Waals surface area contributed by atoms with E-state index in [0.717, 1.165) is 10.0 Å². The standard InChI is InChI=1S/C22H15BrN2O4/c23-15-5-3-14(4-6-15)18-11-12-20(29-18)22(27)25-17-9-7-16(8-10-17)24-21(26)19-2-1-13-28-19/h1-13H,(H,24,26)(H,25,27). The van der Waals surface area contributed by atoms with Gasteiger partial charge in [0.1, 0.15) is 5.76 Å². The number of hydrogen-bond acceptors (Lipinski definition) is 4. The second-order valence-corrected chi connectivity index (χ2v) is 7.05. The Balaban J connectivity index is 1.39. The molecule has 2 amide bonds. The van der Waals surface area contributed by atoms with Crippen LogP contribution >= 0.6 is 15.9 Å². The van der Waals surface area contributed by atoms with Crippen molar-refractivity contribution in [2.45, 2.75) is 0 Å². The third-order valence-corrected chi connectivity index (χ3v) is 4.63. The average Bonchev–Trinajstić information content (AvgIpc) is 3.42. The van der Waals surface area contributed by atoms with Gasteiger partial charge in [0.2, 0.25) is 0 Å². The SMILES string of the molecule is O=C(Nc1ccc(NC(=O)c2ccc(-c3ccc(Br)cc3)o2)cc1)c1ccco1. The largest absolute Gasteiger partial charge is 0.459 e. The maximum Gasteiger partial charge on any atom is 0.291 e. The van der Waals surface area contributed by atoms with Gasteiger partial charge in [-0.2, -0.15) is 0 Å². The van der Waals surface area contributed by atoms with Gasteiger partial charge in [0, 0.05) is 21.4 Å². The van der Waals surface area contributed by atoms with Gasteiger partial charge in [-0.3, -0.25) is 9.59 Å². The first-order valence-corrected chi connectivity index (χ1v) is 9.50. The summed E-state index contributed by atoms with van der Waals surface area (Å²) in [6, 6.07) is 21.0. The van der Waals surface area contributed by atoms with Crippen LogP contribution < -0.4 is 10.6 Å². The van der Waals surface area contributed by atoms with Crippen LogP contribution in [0.3, 0.4) is 0 Å². The molecule has 0 aliphatic carbocycles. The second-order valence-electron chi connectivity index (χ2n) is 6.13. The molecule has 0 unspecified atom stereocenters. The Morgan fingerprint density at radius 2 is 1.34 bits per heavy atom. The number of benzene rings is 2. The monoisotopic (exact) mass is 450 g/mol. The molecule has 0 fully saturated rings. The number of carbonyl (C=O) groups excluding carboxylic acids is 2. The molecule has 0 radical (unpaired) electrons. The van der Waals surface area contributed by atoms with Gasteiger partial charge < -0.3 is 19.5 Å². The van der Waals surface area contributed by atoms with Gasteiger partial charge in [0.25, 0.3) is 11.8 Å². The Morgan fingerprint density at radius 3 is 1.93 bits per heavy atom. The molecule has 7 heteroatoms. The molecule has 144 valence electrons. The molecule has 2 heterocycles. The van der Waals surface area contributed by atoms with Gasteiger partial charge in [-0.1, -0.05) is 28.1 Å². The highest BCUT2D eigenvalue weighted by molar-refractivity contribution is 9.10. The zero-order valence-electron chi connectivity index (χ0n) is 15.0. The van der Waals surface area contributed by atoms with Crippen molar-refractivity contribution in [1.82, 2.24) is 0 Å². The Hall–Kier alpha value is -3.58. The number of carbonyl (C=O) groups is 2. The smallest absolute Gasteiger partial charge is 0.291 e. The minimum Gasteiger partial charge on any atom is -0.459 e. The molecule has 4 rings (SSSR count). The summed E-state index contributed by atoms with van der Waals surface area (Å²) in [6.45, 7) is 0. The first-order valence-electron chi connectivity index (χ1n) is 8.70. The van der Waals surface area contributed by atoms with Crippen LogP contribution in [0.4, 0.5) is 11.4 Å². The lowest BCUT2D eigenvalue weighted by Crippen LogP contribution is -2.12. The number of amides is 2. The highest BCUT2D eigenvalue weighted by Crippen LogP contribution is 2.24. The van der Waals surface area contributed by atoms with Crippen LogP contribution in [0.25, 0.3) is 11.3 Å². The molecule has 0 aliphatic rings. The number of hydrogen-bond donors (Lipinski definition) is 2. The Morgan fingerprint density at radius 1 is 0.724 bits per heavy atom. The minimum atomic E-state index is -0.360. The van der Waals surface area contributed by atoms with Crippen molar-refractivity contribution in [3.63, 3.8) is 0 Å². The molecule has 4 aromatic rings. The van der Waals surface area contributed by atoms with E-state index in [1.54, 1.807) is 48.5 Å². The third kappa shape index (κ3) is 4.47. The van der Waals surface area contributed by atoms with Crippen LogP contribution in [0.15, 0.2) is 92.4 Å². The number of furan rings is 2. The van der Waals surface area contributed by atoms with Crippen LogP contribution in [0, 0.1) is 0 Å². The van der Waals surface area contributed by atoms with E-state index in [9.17, 15) is 9.59 Å². The van der Waals surface area contributed by atoms with Gasteiger partial charge in [0.05, 0.1) is 6.26 Å². The number of anilines is 2. The molecular weight excluding hydrogens is 436 g/mol. The van der Waals surface area contributed by atoms with Crippen molar-refractivity contribution < 1.29 is 18.4 Å².